The number of benzene rings is 1. The number of hydrogen-bond donors (Lipinski definition) is 1. The van der Waals surface area contributed by atoms with Crippen molar-refractivity contribution in [2.75, 3.05) is 20.2 Å². The summed E-state index contributed by atoms with van der Waals surface area (Å²) in [6.45, 7) is 7.13. The summed E-state index contributed by atoms with van der Waals surface area (Å²) in [4.78, 5) is 14.9. The first-order chi connectivity index (χ1) is 12.3. The molecule has 1 amide bonds. The van der Waals surface area contributed by atoms with E-state index in [1.807, 2.05) is 20.8 Å². The van der Waals surface area contributed by atoms with Gasteiger partial charge in [-0.15, -0.1) is 0 Å². The first-order valence-electron chi connectivity index (χ1n) is 9.26. The molecule has 1 aliphatic heterocycles. The molecule has 0 aromatic heterocycles. The Morgan fingerprint density at radius 2 is 1.73 bits per heavy atom. The van der Waals surface area contributed by atoms with Crippen LogP contribution >= 0.6 is 0 Å². The van der Waals surface area contributed by atoms with Crippen molar-refractivity contribution in [1.82, 2.24) is 9.62 Å². The van der Waals surface area contributed by atoms with Crippen LogP contribution in [0.3, 0.4) is 0 Å². The molecule has 1 unspecified atom stereocenters. The van der Waals surface area contributed by atoms with Crippen molar-refractivity contribution in [1.29, 1.82) is 0 Å². The Balaban J connectivity index is 2.34. The van der Waals surface area contributed by atoms with E-state index in [0.717, 1.165) is 25.7 Å². The highest BCUT2D eigenvalue weighted by atomic mass is 32.2. The number of sulfonamides is 1. The lowest BCUT2D eigenvalue weighted by molar-refractivity contribution is 0.0758. The molecule has 0 saturated carbocycles. The van der Waals surface area contributed by atoms with Gasteiger partial charge in [0, 0.05) is 19.1 Å². The molecule has 0 spiro atoms. The van der Waals surface area contributed by atoms with Gasteiger partial charge in [-0.25, -0.2) is 13.1 Å². The molecule has 0 aliphatic carbocycles. The number of carbonyl (C=O) groups is 1. The fourth-order valence-electron chi connectivity index (χ4n) is 2.91. The molecule has 2 rings (SSSR count). The van der Waals surface area contributed by atoms with E-state index in [4.69, 9.17) is 4.74 Å². The molecule has 1 N–H and O–H groups in total. The summed E-state index contributed by atoms with van der Waals surface area (Å²) >= 11 is 0. The van der Waals surface area contributed by atoms with Gasteiger partial charge in [-0.05, 0) is 43.9 Å². The largest absolute Gasteiger partial charge is 0.496 e. The van der Waals surface area contributed by atoms with Gasteiger partial charge in [0.2, 0.25) is 10.0 Å². The monoisotopic (exact) mass is 382 g/mol. The molecular weight excluding hydrogens is 352 g/mol. The zero-order valence-corrected chi connectivity index (χ0v) is 16.9. The van der Waals surface area contributed by atoms with E-state index in [1.54, 1.807) is 11.0 Å². The molecule has 1 aromatic rings. The van der Waals surface area contributed by atoms with Crippen LogP contribution in [0, 0.1) is 5.92 Å². The SMILES string of the molecule is COc1ccc(S(=O)(=O)NC(C)C(C)C)cc1C(=O)N1CCCCCC1. The third kappa shape index (κ3) is 4.98. The van der Waals surface area contributed by atoms with Crippen molar-refractivity contribution in [3.63, 3.8) is 0 Å². The second-order valence-electron chi connectivity index (χ2n) is 7.22. The maximum absolute atomic E-state index is 13.0. The molecule has 1 aliphatic rings. The summed E-state index contributed by atoms with van der Waals surface area (Å²) < 4.78 is 33.3. The van der Waals surface area contributed by atoms with Crippen LogP contribution in [0.1, 0.15) is 56.8 Å². The fourth-order valence-corrected chi connectivity index (χ4v) is 4.33. The predicted molar refractivity (Wildman–Crippen MR) is 102 cm³/mol. The van der Waals surface area contributed by atoms with Crippen molar-refractivity contribution < 1.29 is 17.9 Å². The second kappa shape index (κ2) is 8.86. The number of nitrogens with one attached hydrogen (secondary N) is 1. The summed E-state index contributed by atoms with van der Waals surface area (Å²) in [7, 11) is -2.21. The van der Waals surface area contributed by atoms with Crippen LogP contribution in [-0.4, -0.2) is 45.5 Å². The van der Waals surface area contributed by atoms with Gasteiger partial charge in [0.05, 0.1) is 17.6 Å². The number of likely N-dealkylation sites (tertiary alicyclic amines) is 1. The molecule has 1 fully saturated rings. The Labute approximate surface area is 157 Å². The maximum Gasteiger partial charge on any atom is 0.257 e. The minimum atomic E-state index is -3.70. The van der Waals surface area contributed by atoms with Gasteiger partial charge in [-0.2, -0.15) is 0 Å². The van der Waals surface area contributed by atoms with Crippen molar-refractivity contribution in [2.24, 2.45) is 5.92 Å². The molecule has 1 saturated heterocycles. The lowest BCUT2D eigenvalue weighted by Crippen LogP contribution is -2.36. The first-order valence-corrected chi connectivity index (χ1v) is 10.7. The highest BCUT2D eigenvalue weighted by molar-refractivity contribution is 7.89. The van der Waals surface area contributed by atoms with Gasteiger partial charge >= 0.3 is 0 Å². The van der Waals surface area contributed by atoms with Gasteiger partial charge in [-0.3, -0.25) is 4.79 Å². The van der Waals surface area contributed by atoms with Crippen LogP contribution < -0.4 is 9.46 Å². The molecule has 1 aromatic carbocycles. The van der Waals surface area contributed by atoms with E-state index >= 15 is 0 Å². The predicted octanol–water partition coefficient (Wildman–Crippen LogP) is 3.03. The van der Waals surface area contributed by atoms with Crippen molar-refractivity contribution in [3.8, 4) is 5.75 Å². The molecular formula is C19H30N2O4S. The quantitative estimate of drug-likeness (QED) is 0.820. The summed E-state index contributed by atoms with van der Waals surface area (Å²) in [6.07, 6.45) is 4.18. The van der Waals surface area contributed by atoms with E-state index in [2.05, 4.69) is 4.72 Å². The van der Waals surface area contributed by atoms with E-state index in [-0.39, 0.29) is 22.8 Å². The number of nitrogens with zero attached hydrogens (tertiary/aromatic N) is 1. The summed E-state index contributed by atoms with van der Waals surface area (Å²) in [5, 5.41) is 0. The van der Waals surface area contributed by atoms with E-state index in [0.29, 0.717) is 24.4 Å². The van der Waals surface area contributed by atoms with Crippen LogP contribution in [0.15, 0.2) is 23.1 Å². The van der Waals surface area contributed by atoms with Crippen LogP contribution in [-0.2, 0) is 10.0 Å². The summed E-state index contributed by atoms with van der Waals surface area (Å²) in [5.41, 5.74) is 0.300. The molecule has 1 heterocycles. The van der Waals surface area contributed by atoms with Gasteiger partial charge in [0.25, 0.3) is 5.91 Å². The van der Waals surface area contributed by atoms with Crippen LogP contribution in [0.5, 0.6) is 5.75 Å². The Hall–Kier alpha value is -1.60. The zero-order valence-electron chi connectivity index (χ0n) is 16.1. The van der Waals surface area contributed by atoms with E-state index in [9.17, 15) is 13.2 Å². The van der Waals surface area contributed by atoms with Crippen molar-refractivity contribution >= 4 is 15.9 Å². The first kappa shape index (κ1) is 20.7. The highest BCUT2D eigenvalue weighted by Gasteiger charge is 2.25. The molecule has 0 radical (unpaired) electrons. The Kier molecular flexibility index (Phi) is 7.06. The summed E-state index contributed by atoms with van der Waals surface area (Å²) in [5.74, 6) is 0.397. The standard InChI is InChI=1S/C19H30N2O4S/c1-14(2)15(3)20-26(23,24)16-9-10-18(25-4)17(13-16)19(22)21-11-7-5-6-8-12-21/h9-10,13-15,20H,5-8,11-12H2,1-4H3. The summed E-state index contributed by atoms with van der Waals surface area (Å²) in [6, 6.07) is 4.26. The number of rotatable bonds is 6. The number of amides is 1. The molecule has 7 heteroatoms. The minimum Gasteiger partial charge on any atom is -0.496 e. The molecule has 146 valence electrons. The lowest BCUT2D eigenvalue weighted by atomic mass is 10.1. The fraction of sp³-hybridized carbons (Fsp3) is 0.632. The number of carbonyl (C=O) groups excluding carboxylic acids is 1. The topological polar surface area (TPSA) is 75.7 Å². The average molecular weight is 383 g/mol. The van der Waals surface area contributed by atoms with Gasteiger partial charge in [-0.1, -0.05) is 26.7 Å². The smallest absolute Gasteiger partial charge is 0.257 e. The van der Waals surface area contributed by atoms with Crippen LogP contribution in [0.2, 0.25) is 0 Å². The third-order valence-electron chi connectivity index (χ3n) is 4.95. The van der Waals surface area contributed by atoms with E-state index in [1.165, 1.54) is 19.2 Å². The Morgan fingerprint density at radius 1 is 1.12 bits per heavy atom. The van der Waals surface area contributed by atoms with Gasteiger partial charge < -0.3 is 9.64 Å². The van der Waals surface area contributed by atoms with E-state index < -0.39 is 10.0 Å². The minimum absolute atomic E-state index is 0.0870. The van der Waals surface area contributed by atoms with Gasteiger partial charge in [0.15, 0.2) is 0 Å². The second-order valence-corrected chi connectivity index (χ2v) is 8.94. The van der Waals surface area contributed by atoms with Crippen molar-refractivity contribution in [2.45, 2.75) is 57.4 Å². The average Bonchev–Trinajstić information content (AvgIpc) is 2.89. The van der Waals surface area contributed by atoms with Crippen LogP contribution in [0.4, 0.5) is 0 Å². The Morgan fingerprint density at radius 3 is 2.27 bits per heavy atom. The van der Waals surface area contributed by atoms with Gasteiger partial charge in [0.1, 0.15) is 5.75 Å². The maximum atomic E-state index is 13.0. The molecule has 6 nitrogen and oxygen atoms in total. The molecule has 0 bridgehead atoms. The number of hydrogen-bond acceptors (Lipinski definition) is 4. The number of methoxy groups -OCH3 is 1. The number of ether oxygens (including phenoxy) is 1. The zero-order chi connectivity index (χ0) is 19.3. The molecule has 26 heavy (non-hydrogen) atoms. The Bertz CT molecular complexity index is 723. The highest BCUT2D eigenvalue weighted by Crippen LogP contribution is 2.25. The van der Waals surface area contributed by atoms with Crippen molar-refractivity contribution in [3.05, 3.63) is 23.8 Å². The lowest BCUT2D eigenvalue weighted by Gasteiger charge is -2.22. The molecule has 1 atom stereocenters. The third-order valence-corrected chi connectivity index (χ3v) is 6.50. The normalized spacial score (nSPS) is 17.0. The van der Waals surface area contributed by atoms with Crippen LogP contribution in [0.25, 0.3) is 0 Å².